The minimum absolute atomic E-state index is 0.0418. The van der Waals surface area contributed by atoms with E-state index in [1.165, 1.54) is 11.5 Å². The second-order valence-corrected chi connectivity index (χ2v) is 5.16. The van der Waals surface area contributed by atoms with Crippen molar-refractivity contribution >= 4 is 27.4 Å². The minimum atomic E-state index is 0.0418. The Balaban J connectivity index is 2.05. The van der Waals surface area contributed by atoms with Gasteiger partial charge >= 0.3 is 0 Å². The van der Waals surface area contributed by atoms with Crippen LogP contribution in [0.25, 0.3) is 10.9 Å². The second kappa shape index (κ2) is 5.42. The predicted octanol–water partition coefficient (Wildman–Crippen LogP) is 2.33. The van der Waals surface area contributed by atoms with E-state index in [0.29, 0.717) is 6.54 Å². The number of nitrogens with one attached hydrogen (secondary N) is 1. The fourth-order valence-electron chi connectivity index (χ4n) is 2.17. The van der Waals surface area contributed by atoms with Gasteiger partial charge in [-0.15, -0.1) is 5.10 Å². The Morgan fingerprint density at radius 3 is 3.00 bits per heavy atom. The summed E-state index contributed by atoms with van der Waals surface area (Å²) in [6.07, 6.45) is 1.81. The van der Waals surface area contributed by atoms with Gasteiger partial charge in [-0.2, -0.15) is 0 Å². The molecule has 0 atom stereocenters. The van der Waals surface area contributed by atoms with Crippen molar-refractivity contribution < 1.29 is 0 Å². The molecule has 5 nitrogen and oxygen atoms in total. The fraction of sp³-hybridized carbons (Fsp3) is 0.214. The first-order valence-corrected chi connectivity index (χ1v) is 7.20. The van der Waals surface area contributed by atoms with Gasteiger partial charge in [0, 0.05) is 35.7 Å². The van der Waals surface area contributed by atoms with Gasteiger partial charge in [0.1, 0.15) is 10.7 Å². The first-order valence-electron chi connectivity index (χ1n) is 6.43. The highest BCUT2D eigenvalue weighted by molar-refractivity contribution is 7.10. The summed E-state index contributed by atoms with van der Waals surface area (Å²) in [7, 11) is 0. The lowest BCUT2D eigenvalue weighted by Crippen LogP contribution is -2.10. The van der Waals surface area contributed by atoms with Crippen molar-refractivity contribution in [1.82, 2.24) is 14.2 Å². The molecule has 3 aromatic rings. The van der Waals surface area contributed by atoms with Crippen LogP contribution in [-0.2, 0) is 6.54 Å². The number of anilines is 1. The number of hydrogen-bond acceptors (Lipinski definition) is 5. The number of rotatable bonds is 4. The summed E-state index contributed by atoms with van der Waals surface area (Å²) in [5.41, 5.74) is 1.85. The van der Waals surface area contributed by atoms with Crippen LogP contribution in [0.4, 0.5) is 5.00 Å². The van der Waals surface area contributed by atoms with E-state index in [1.807, 2.05) is 35.8 Å². The van der Waals surface area contributed by atoms with Crippen LogP contribution >= 0.6 is 11.5 Å². The molecule has 0 aliphatic carbocycles. The maximum Gasteiger partial charge on any atom is 0.189 e. The Kier molecular flexibility index (Phi) is 3.47. The Morgan fingerprint density at radius 2 is 2.15 bits per heavy atom. The standard InChI is InChI=1S/C14H14N4OS/c1-2-15-14-11(16-17-20-14)9-18-8-7-13(19)10-5-3-4-6-12(10)18/h3-8,15H,2,9H2,1H3. The van der Waals surface area contributed by atoms with E-state index >= 15 is 0 Å². The summed E-state index contributed by atoms with van der Waals surface area (Å²) in [5.74, 6) is 0. The Labute approximate surface area is 120 Å². The van der Waals surface area contributed by atoms with Gasteiger partial charge in [0.25, 0.3) is 0 Å². The van der Waals surface area contributed by atoms with Gasteiger partial charge in [0.2, 0.25) is 0 Å². The largest absolute Gasteiger partial charge is 0.374 e. The van der Waals surface area contributed by atoms with E-state index in [4.69, 9.17) is 0 Å². The molecule has 102 valence electrons. The topological polar surface area (TPSA) is 59.8 Å². The lowest BCUT2D eigenvalue weighted by atomic mass is 10.2. The van der Waals surface area contributed by atoms with E-state index in [0.717, 1.165) is 28.1 Å². The van der Waals surface area contributed by atoms with Gasteiger partial charge in [0.05, 0.1) is 12.1 Å². The van der Waals surface area contributed by atoms with Crippen molar-refractivity contribution in [2.75, 3.05) is 11.9 Å². The molecular weight excluding hydrogens is 272 g/mol. The third-order valence-corrected chi connectivity index (χ3v) is 3.82. The van der Waals surface area contributed by atoms with Crippen molar-refractivity contribution in [3.05, 3.63) is 52.4 Å². The summed E-state index contributed by atoms with van der Waals surface area (Å²) < 4.78 is 6.01. The molecule has 0 fully saturated rings. The molecule has 2 aromatic heterocycles. The van der Waals surface area contributed by atoms with Gasteiger partial charge in [-0.05, 0) is 19.1 Å². The number of nitrogens with zero attached hydrogens (tertiary/aromatic N) is 3. The SMILES string of the molecule is CCNc1snnc1Cn1ccc(=O)c2ccccc21. The highest BCUT2D eigenvalue weighted by atomic mass is 32.1. The third-order valence-electron chi connectivity index (χ3n) is 3.10. The van der Waals surface area contributed by atoms with Crippen molar-refractivity contribution in [3.8, 4) is 0 Å². The van der Waals surface area contributed by atoms with Gasteiger partial charge in [-0.25, -0.2) is 0 Å². The molecular formula is C14H14N4OS. The summed E-state index contributed by atoms with van der Waals surface area (Å²) >= 11 is 1.35. The lowest BCUT2D eigenvalue weighted by molar-refractivity contribution is 0.792. The van der Waals surface area contributed by atoms with Crippen LogP contribution in [0.3, 0.4) is 0 Å². The Hall–Kier alpha value is -2.21. The van der Waals surface area contributed by atoms with E-state index in [9.17, 15) is 4.79 Å². The molecule has 0 unspecified atom stereocenters. The Morgan fingerprint density at radius 1 is 1.30 bits per heavy atom. The summed E-state index contributed by atoms with van der Waals surface area (Å²) in [5, 5.41) is 9.13. The fourth-order valence-corrected chi connectivity index (χ4v) is 2.81. The van der Waals surface area contributed by atoms with Crippen LogP contribution < -0.4 is 10.7 Å². The first-order chi connectivity index (χ1) is 9.79. The van der Waals surface area contributed by atoms with Crippen LogP contribution in [-0.4, -0.2) is 20.7 Å². The van der Waals surface area contributed by atoms with Crippen LogP contribution in [0.15, 0.2) is 41.3 Å². The normalized spacial score (nSPS) is 10.8. The molecule has 20 heavy (non-hydrogen) atoms. The predicted molar refractivity (Wildman–Crippen MR) is 81.4 cm³/mol. The zero-order valence-corrected chi connectivity index (χ0v) is 11.9. The van der Waals surface area contributed by atoms with Crippen molar-refractivity contribution in [2.45, 2.75) is 13.5 Å². The average molecular weight is 286 g/mol. The molecule has 0 saturated heterocycles. The third kappa shape index (κ3) is 2.30. The van der Waals surface area contributed by atoms with Crippen LogP contribution in [0.2, 0.25) is 0 Å². The highest BCUT2D eigenvalue weighted by Crippen LogP contribution is 2.20. The monoisotopic (exact) mass is 286 g/mol. The van der Waals surface area contributed by atoms with Gasteiger partial charge in [-0.3, -0.25) is 4.79 Å². The van der Waals surface area contributed by atoms with Crippen LogP contribution in [0.5, 0.6) is 0 Å². The summed E-state index contributed by atoms with van der Waals surface area (Å²) in [6.45, 7) is 3.47. The first kappa shape index (κ1) is 12.8. The molecule has 1 aromatic carbocycles. The molecule has 0 saturated carbocycles. The maximum absolute atomic E-state index is 11.9. The molecule has 0 bridgehead atoms. The van der Waals surface area contributed by atoms with Crippen LogP contribution in [0.1, 0.15) is 12.6 Å². The zero-order valence-electron chi connectivity index (χ0n) is 11.0. The average Bonchev–Trinajstić information content (AvgIpc) is 2.90. The minimum Gasteiger partial charge on any atom is -0.374 e. The highest BCUT2D eigenvalue weighted by Gasteiger charge is 2.09. The lowest BCUT2D eigenvalue weighted by Gasteiger charge is -2.10. The van der Waals surface area contributed by atoms with Crippen LogP contribution in [0, 0.1) is 0 Å². The summed E-state index contributed by atoms with van der Waals surface area (Å²) in [4.78, 5) is 11.9. The van der Waals surface area contributed by atoms with E-state index < -0.39 is 0 Å². The number of benzene rings is 1. The van der Waals surface area contributed by atoms with Crippen molar-refractivity contribution in [3.63, 3.8) is 0 Å². The number of aromatic nitrogens is 3. The van der Waals surface area contributed by atoms with Crippen molar-refractivity contribution in [2.24, 2.45) is 0 Å². The molecule has 0 amide bonds. The van der Waals surface area contributed by atoms with Gasteiger partial charge < -0.3 is 9.88 Å². The number of fused-ring (bicyclic) bond motifs is 1. The number of para-hydroxylation sites is 1. The molecule has 0 spiro atoms. The second-order valence-electron chi connectivity index (χ2n) is 4.40. The zero-order chi connectivity index (χ0) is 13.9. The molecule has 0 aliphatic rings. The Bertz CT molecular complexity index is 793. The molecule has 3 rings (SSSR count). The maximum atomic E-state index is 11.9. The van der Waals surface area contributed by atoms with Gasteiger partial charge in [0.15, 0.2) is 5.43 Å². The molecule has 1 N–H and O–H groups in total. The van der Waals surface area contributed by atoms with E-state index in [-0.39, 0.29) is 5.43 Å². The number of pyridine rings is 1. The smallest absolute Gasteiger partial charge is 0.189 e. The van der Waals surface area contributed by atoms with Crippen molar-refractivity contribution in [1.29, 1.82) is 0 Å². The quantitative estimate of drug-likeness (QED) is 0.799. The summed E-state index contributed by atoms with van der Waals surface area (Å²) in [6, 6.07) is 9.20. The molecule has 6 heteroatoms. The molecule has 0 aliphatic heterocycles. The molecule has 2 heterocycles. The molecule has 0 radical (unpaired) electrons. The van der Waals surface area contributed by atoms with E-state index in [2.05, 4.69) is 14.9 Å². The van der Waals surface area contributed by atoms with Gasteiger partial charge in [-0.1, -0.05) is 16.6 Å². The van der Waals surface area contributed by atoms with E-state index in [1.54, 1.807) is 12.3 Å². The number of hydrogen-bond donors (Lipinski definition) is 1.